The first-order valence-corrected chi connectivity index (χ1v) is 6.34. The van der Waals surface area contributed by atoms with Gasteiger partial charge in [0.25, 0.3) is 5.91 Å². The van der Waals surface area contributed by atoms with Crippen LogP contribution in [0.25, 0.3) is 0 Å². The summed E-state index contributed by atoms with van der Waals surface area (Å²) in [5, 5.41) is 9.18. The molecule has 1 aromatic carbocycles. The number of hydrogen-bond donors (Lipinski definition) is 1. The van der Waals surface area contributed by atoms with Gasteiger partial charge < -0.3 is 10.0 Å². The second-order valence-electron chi connectivity index (χ2n) is 4.53. The van der Waals surface area contributed by atoms with Crippen molar-refractivity contribution in [2.75, 3.05) is 13.1 Å². The lowest BCUT2D eigenvalue weighted by Gasteiger charge is -2.30. The molecular weight excluding hydrogens is 273 g/mol. The zero-order valence-electron chi connectivity index (χ0n) is 10.1. The number of nitrogens with zero attached hydrogens (tertiary/aromatic N) is 1. The molecule has 0 atom stereocenters. The van der Waals surface area contributed by atoms with Crippen molar-refractivity contribution in [3.63, 3.8) is 0 Å². The summed E-state index contributed by atoms with van der Waals surface area (Å²) in [4.78, 5) is 24.4. The average Bonchev–Trinajstić information content (AvgIpc) is 2.41. The number of rotatable bonds is 2. The summed E-state index contributed by atoms with van der Waals surface area (Å²) in [7, 11) is 0. The zero-order chi connectivity index (χ0) is 14.0. The normalized spacial score (nSPS) is 16.4. The number of halogens is 2. The molecule has 1 fully saturated rings. The highest BCUT2D eigenvalue weighted by atomic mass is 35.5. The molecule has 1 saturated heterocycles. The third-order valence-electron chi connectivity index (χ3n) is 3.29. The third-order valence-corrected chi connectivity index (χ3v) is 3.53. The number of amides is 1. The van der Waals surface area contributed by atoms with Crippen molar-refractivity contribution in [3.8, 4) is 0 Å². The molecule has 0 spiro atoms. The number of benzene rings is 1. The van der Waals surface area contributed by atoms with Crippen molar-refractivity contribution in [2.45, 2.75) is 12.8 Å². The Kier molecular flexibility index (Phi) is 4.04. The van der Waals surface area contributed by atoms with Crippen LogP contribution in [0.15, 0.2) is 18.2 Å². The summed E-state index contributed by atoms with van der Waals surface area (Å²) in [5.74, 6) is -2.33. The molecule has 1 amide bonds. The van der Waals surface area contributed by atoms with E-state index in [1.165, 1.54) is 17.0 Å². The van der Waals surface area contributed by atoms with E-state index >= 15 is 0 Å². The lowest BCUT2D eigenvalue weighted by Crippen LogP contribution is -2.40. The second-order valence-corrected chi connectivity index (χ2v) is 4.97. The number of carbonyl (C=O) groups is 2. The molecule has 1 N–H and O–H groups in total. The highest BCUT2D eigenvalue weighted by molar-refractivity contribution is 6.31. The second kappa shape index (κ2) is 5.57. The predicted octanol–water partition coefficient (Wildman–Crippen LogP) is 2.42. The molecule has 1 aromatic rings. The Morgan fingerprint density at radius 2 is 1.95 bits per heavy atom. The Morgan fingerprint density at radius 1 is 1.32 bits per heavy atom. The topological polar surface area (TPSA) is 57.6 Å². The molecule has 4 nitrogen and oxygen atoms in total. The lowest BCUT2D eigenvalue weighted by molar-refractivity contribution is -0.143. The fourth-order valence-corrected chi connectivity index (χ4v) is 2.33. The first-order chi connectivity index (χ1) is 8.99. The van der Waals surface area contributed by atoms with Gasteiger partial charge in [0, 0.05) is 18.1 Å². The van der Waals surface area contributed by atoms with Crippen LogP contribution in [-0.4, -0.2) is 35.0 Å². The molecule has 19 heavy (non-hydrogen) atoms. The van der Waals surface area contributed by atoms with E-state index in [9.17, 15) is 14.0 Å². The Labute approximate surface area is 114 Å². The Hall–Kier alpha value is -1.62. The van der Waals surface area contributed by atoms with Crippen molar-refractivity contribution in [3.05, 3.63) is 34.6 Å². The first-order valence-electron chi connectivity index (χ1n) is 5.96. The van der Waals surface area contributed by atoms with Gasteiger partial charge in [-0.1, -0.05) is 11.6 Å². The third kappa shape index (κ3) is 3.04. The van der Waals surface area contributed by atoms with Gasteiger partial charge in [-0.15, -0.1) is 0 Å². The van der Waals surface area contributed by atoms with Gasteiger partial charge >= 0.3 is 5.97 Å². The van der Waals surface area contributed by atoms with Gasteiger partial charge in [0.2, 0.25) is 0 Å². The van der Waals surface area contributed by atoms with E-state index in [-0.39, 0.29) is 5.56 Å². The molecule has 0 radical (unpaired) electrons. The Morgan fingerprint density at radius 3 is 2.53 bits per heavy atom. The van der Waals surface area contributed by atoms with Crippen LogP contribution in [-0.2, 0) is 4.79 Å². The van der Waals surface area contributed by atoms with Gasteiger partial charge in [-0.3, -0.25) is 9.59 Å². The van der Waals surface area contributed by atoms with Crippen LogP contribution in [0.1, 0.15) is 23.2 Å². The largest absolute Gasteiger partial charge is 0.481 e. The van der Waals surface area contributed by atoms with Gasteiger partial charge in [-0.2, -0.15) is 0 Å². The highest BCUT2D eigenvalue weighted by Gasteiger charge is 2.28. The number of hydrogen-bond acceptors (Lipinski definition) is 2. The monoisotopic (exact) mass is 285 g/mol. The molecule has 102 valence electrons. The van der Waals surface area contributed by atoms with Crippen LogP contribution in [0, 0.1) is 11.7 Å². The predicted molar refractivity (Wildman–Crippen MR) is 67.7 cm³/mol. The molecule has 0 aliphatic carbocycles. The number of likely N-dealkylation sites (tertiary alicyclic amines) is 1. The van der Waals surface area contributed by atoms with E-state index in [0.717, 1.165) is 6.07 Å². The Bertz CT molecular complexity index is 513. The maximum atomic E-state index is 13.6. The van der Waals surface area contributed by atoms with Gasteiger partial charge in [0.15, 0.2) is 0 Å². The maximum absolute atomic E-state index is 13.6. The number of piperidine rings is 1. The van der Waals surface area contributed by atoms with Crippen LogP contribution in [0.2, 0.25) is 5.02 Å². The van der Waals surface area contributed by atoms with E-state index in [2.05, 4.69) is 0 Å². The summed E-state index contributed by atoms with van der Waals surface area (Å²) >= 11 is 5.75. The Balaban J connectivity index is 2.09. The van der Waals surface area contributed by atoms with Gasteiger partial charge in [0.1, 0.15) is 5.82 Å². The summed E-state index contributed by atoms with van der Waals surface area (Å²) in [6.45, 7) is 0.642. The molecule has 1 heterocycles. The van der Waals surface area contributed by atoms with Gasteiger partial charge in [0.05, 0.1) is 11.5 Å². The minimum Gasteiger partial charge on any atom is -0.481 e. The minimum absolute atomic E-state index is 0.0683. The smallest absolute Gasteiger partial charge is 0.306 e. The summed E-state index contributed by atoms with van der Waals surface area (Å²) in [6, 6.07) is 3.83. The fraction of sp³-hybridized carbons (Fsp3) is 0.385. The molecule has 0 saturated carbocycles. The van der Waals surface area contributed by atoms with E-state index in [1.54, 1.807) is 0 Å². The molecule has 2 rings (SSSR count). The van der Waals surface area contributed by atoms with Crippen LogP contribution in [0.3, 0.4) is 0 Å². The number of carbonyl (C=O) groups excluding carboxylic acids is 1. The van der Waals surface area contributed by atoms with E-state index in [1.807, 2.05) is 0 Å². The van der Waals surface area contributed by atoms with E-state index < -0.39 is 23.6 Å². The fourth-order valence-electron chi connectivity index (χ4n) is 2.16. The molecule has 1 aliphatic heterocycles. The van der Waals surface area contributed by atoms with Crippen LogP contribution < -0.4 is 0 Å². The first kappa shape index (κ1) is 13.8. The van der Waals surface area contributed by atoms with Gasteiger partial charge in [-0.05, 0) is 31.0 Å². The molecule has 6 heteroatoms. The minimum atomic E-state index is -0.846. The molecule has 1 aliphatic rings. The lowest BCUT2D eigenvalue weighted by atomic mass is 9.96. The molecule has 0 unspecified atom stereocenters. The quantitative estimate of drug-likeness (QED) is 0.908. The van der Waals surface area contributed by atoms with Crippen molar-refractivity contribution >= 4 is 23.5 Å². The highest BCUT2D eigenvalue weighted by Crippen LogP contribution is 2.21. The molecule has 0 bridgehead atoms. The average molecular weight is 286 g/mol. The van der Waals surface area contributed by atoms with E-state index in [0.29, 0.717) is 31.0 Å². The number of carboxylic acid groups (broad SMARTS) is 1. The maximum Gasteiger partial charge on any atom is 0.306 e. The van der Waals surface area contributed by atoms with Crippen molar-refractivity contribution in [1.29, 1.82) is 0 Å². The van der Waals surface area contributed by atoms with Crippen molar-refractivity contribution in [2.24, 2.45) is 5.92 Å². The van der Waals surface area contributed by atoms with Crippen LogP contribution in [0.4, 0.5) is 4.39 Å². The van der Waals surface area contributed by atoms with Gasteiger partial charge in [-0.25, -0.2) is 4.39 Å². The summed E-state index contributed by atoms with van der Waals surface area (Å²) in [6.07, 6.45) is 0.784. The standard InChI is InChI=1S/C13H13ClFNO3/c14-9-1-2-11(15)10(7-9)12(17)16-5-3-8(4-6-16)13(18)19/h1-2,7-8H,3-6H2,(H,18,19). The van der Waals surface area contributed by atoms with E-state index in [4.69, 9.17) is 16.7 Å². The summed E-state index contributed by atoms with van der Waals surface area (Å²) in [5.41, 5.74) is -0.0683. The van der Waals surface area contributed by atoms with Crippen molar-refractivity contribution in [1.82, 2.24) is 4.90 Å². The zero-order valence-corrected chi connectivity index (χ0v) is 10.9. The van der Waals surface area contributed by atoms with Crippen molar-refractivity contribution < 1.29 is 19.1 Å². The summed E-state index contributed by atoms with van der Waals surface area (Å²) < 4.78 is 13.6. The van der Waals surface area contributed by atoms with Crippen LogP contribution in [0.5, 0.6) is 0 Å². The molecular formula is C13H13ClFNO3. The molecule has 0 aromatic heterocycles. The van der Waals surface area contributed by atoms with Crippen LogP contribution >= 0.6 is 11.6 Å². The number of aliphatic carboxylic acids is 1. The SMILES string of the molecule is O=C(O)C1CCN(C(=O)c2cc(Cl)ccc2F)CC1. The number of carboxylic acids is 1.